The Hall–Kier alpha value is -1.51. The molecule has 0 aromatic carbocycles. The Morgan fingerprint density at radius 3 is 2.87 bits per heavy atom. The average Bonchev–Trinajstić information content (AvgIpc) is 2.20. The van der Waals surface area contributed by atoms with Gasteiger partial charge in [-0.1, -0.05) is 5.57 Å². The van der Waals surface area contributed by atoms with Gasteiger partial charge in [0.15, 0.2) is 0 Å². The van der Waals surface area contributed by atoms with Crippen LogP contribution in [0.25, 0.3) is 0 Å². The minimum absolute atomic E-state index is 0.648. The summed E-state index contributed by atoms with van der Waals surface area (Å²) in [5.41, 5.74) is 2.20. The predicted octanol–water partition coefficient (Wildman–Crippen LogP) is 2.86. The van der Waals surface area contributed by atoms with Crippen LogP contribution in [0.2, 0.25) is 0 Å². The third kappa shape index (κ3) is 4.49. The van der Waals surface area contributed by atoms with Gasteiger partial charge in [0.1, 0.15) is 0 Å². The SMILES string of the molecule is C=C(C)CCNc1ccc(OCC)nc1. The van der Waals surface area contributed by atoms with Crippen LogP contribution in [0, 0.1) is 0 Å². The van der Waals surface area contributed by atoms with Crippen molar-refractivity contribution in [3.8, 4) is 5.88 Å². The summed E-state index contributed by atoms with van der Waals surface area (Å²) in [6, 6.07) is 3.84. The van der Waals surface area contributed by atoms with Crippen LogP contribution in [0.5, 0.6) is 5.88 Å². The highest BCUT2D eigenvalue weighted by atomic mass is 16.5. The van der Waals surface area contributed by atoms with Crippen molar-refractivity contribution in [2.75, 3.05) is 18.5 Å². The van der Waals surface area contributed by atoms with Crippen molar-refractivity contribution in [1.82, 2.24) is 4.98 Å². The quantitative estimate of drug-likeness (QED) is 0.727. The van der Waals surface area contributed by atoms with E-state index in [4.69, 9.17) is 4.74 Å². The number of hydrogen-bond acceptors (Lipinski definition) is 3. The Morgan fingerprint density at radius 2 is 2.33 bits per heavy atom. The van der Waals surface area contributed by atoms with E-state index in [2.05, 4.69) is 16.9 Å². The molecular weight excluding hydrogens is 188 g/mol. The van der Waals surface area contributed by atoms with Crippen LogP contribution in [0.15, 0.2) is 30.5 Å². The van der Waals surface area contributed by atoms with Crippen molar-refractivity contribution in [1.29, 1.82) is 0 Å². The Balaban J connectivity index is 2.39. The van der Waals surface area contributed by atoms with Crippen LogP contribution < -0.4 is 10.1 Å². The summed E-state index contributed by atoms with van der Waals surface area (Å²) in [7, 11) is 0. The van der Waals surface area contributed by atoms with E-state index in [-0.39, 0.29) is 0 Å². The molecular formula is C12H18N2O. The number of anilines is 1. The first-order chi connectivity index (χ1) is 7.22. The van der Waals surface area contributed by atoms with E-state index in [0.29, 0.717) is 12.5 Å². The van der Waals surface area contributed by atoms with E-state index in [9.17, 15) is 0 Å². The summed E-state index contributed by atoms with van der Waals surface area (Å²) in [5.74, 6) is 0.669. The standard InChI is InChI=1S/C12H18N2O/c1-4-15-12-6-5-11(9-14-12)13-8-7-10(2)3/h5-6,9,13H,2,4,7-8H2,1,3H3. The second-order valence-electron chi connectivity index (χ2n) is 3.45. The molecule has 0 amide bonds. The van der Waals surface area contributed by atoms with Gasteiger partial charge in [-0.3, -0.25) is 0 Å². The predicted molar refractivity (Wildman–Crippen MR) is 63.3 cm³/mol. The molecule has 3 heteroatoms. The zero-order chi connectivity index (χ0) is 11.1. The number of ether oxygens (including phenoxy) is 1. The molecule has 0 atom stereocenters. The third-order valence-corrected chi connectivity index (χ3v) is 1.91. The Morgan fingerprint density at radius 1 is 1.53 bits per heavy atom. The molecule has 1 N–H and O–H groups in total. The Bertz CT molecular complexity index is 306. The maximum absolute atomic E-state index is 5.25. The summed E-state index contributed by atoms with van der Waals surface area (Å²) < 4.78 is 5.25. The lowest BCUT2D eigenvalue weighted by atomic mass is 10.2. The number of aromatic nitrogens is 1. The largest absolute Gasteiger partial charge is 0.478 e. The molecule has 1 aromatic rings. The second-order valence-corrected chi connectivity index (χ2v) is 3.45. The molecule has 0 spiro atoms. The first kappa shape index (κ1) is 11.6. The normalized spacial score (nSPS) is 9.73. The highest BCUT2D eigenvalue weighted by molar-refractivity contribution is 5.41. The van der Waals surface area contributed by atoms with E-state index in [0.717, 1.165) is 18.7 Å². The molecule has 0 aliphatic carbocycles. The molecule has 82 valence electrons. The highest BCUT2D eigenvalue weighted by Crippen LogP contribution is 2.11. The molecule has 1 aromatic heterocycles. The maximum Gasteiger partial charge on any atom is 0.213 e. The minimum atomic E-state index is 0.648. The van der Waals surface area contributed by atoms with E-state index in [1.807, 2.05) is 26.0 Å². The fourth-order valence-corrected chi connectivity index (χ4v) is 1.14. The molecule has 3 nitrogen and oxygen atoms in total. The Kier molecular flexibility index (Phi) is 4.68. The van der Waals surface area contributed by atoms with Gasteiger partial charge >= 0.3 is 0 Å². The van der Waals surface area contributed by atoms with Gasteiger partial charge in [0.2, 0.25) is 5.88 Å². The van der Waals surface area contributed by atoms with Gasteiger partial charge in [0.05, 0.1) is 18.5 Å². The molecule has 0 bridgehead atoms. The topological polar surface area (TPSA) is 34.1 Å². The van der Waals surface area contributed by atoms with Crippen molar-refractivity contribution in [3.63, 3.8) is 0 Å². The second kappa shape index (κ2) is 6.06. The van der Waals surface area contributed by atoms with Crippen LogP contribution >= 0.6 is 0 Å². The zero-order valence-corrected chi connectivity index (χ0v) is 9.42. The van der Waals surface area contributed by atoms with Crippen molar-refractivity contribution < 1.29 is 4.74 Å². The molecule has 1 heterocycles. The molecule has 15 heavy (non-hydrogen) atoms. The van der Waals surface area contributed by atoms with E-state index in [1.54, 1.807) is 6.20 Å². The molecule has 1 rings (SSSR count). The first-order valence-corrected chi connectivity index (χ1v) is 5.19. The summed E-state index contributed by atoms with van der Waals surface area (Å²) >= 11 is 0. The monoisotopic (exact) mass is 206 g/mol. The number of nitrogens with zero attached hydrogens (tertiary/aromatic N) is 1. The van der Waals surface area contributed by atoms with Crippen LogP contribution in [-0.2, 0) is 0 Å². The summed E-state index contributed by atoms with van der Waals surface area (Å²) in [6.45, 7) is 9.36. The van der Waals surface area contributed by atoms with Gasteiger partial charge in [0.25, 0.3) is 0 Å². The van der Waals surface area contributed by atoms with Crippen LogP contribution in [0.3, 0.4) is 0 Å². The lowest BCUT2D eigenvalue weighted by Gasteiger charge is -2.06. The van der Waals surface area contributed by atoms with Gasteiger partial charge in [-0.25, -0.2) is 4.98 Å². The van der Waals surface area contributed by atoms with Gasteiger partial charge < -0.3 is 10.1 Å². The molecule has 0 saturated carbocycles. The lowest BCUT2D eigenvalue weighted by molar-refractivity contribution is 0.327. The van der Waals surface area contributed by atoms with Crippen molar-refractivity contribution in [3.05, 3.63) is 30.5 Å². The molecule has 0 saturated heterocycles. The maximum atomic E-state index is 5.25. The summed E-state index contributed by atoms with van der Waals surface area (Å²) in [6.07, 6.45) is 2.76. The van der Waals surface area contributed by atoms with Gasteiger partial charge in [0, 0.05) is 12.6 Å². The first-order valence-electron chi connectivity index (χ1n) is 5.19. The lowest BCUT2D eigenvalue weighted by Crippen LogP contribution is -2.02. The summed E-state index contributed by atoms with van der Waals surface area (Å²) in [4.78, 5) is 4.16. The van der Waals surface area contributed by atoms with Gasteiger partial charge in [-0.15, -0.1) is 6.58 Å². The van der Waals surface area contributed by atoms with Crippen molar-refractivity contribution >= 4 is 5.69 Å². The average molecular weight is 206 g/mol. The number of nitrogens with one attached hydrogen (secondary N) is 1. The zero-order valence-electron chi connectivity index (χ0n) is 9.42. The third-order valence-electron chi connectivity index (χ3n) is 1.91. The van der Waals surface area contributed by atoms with Crippen LogP contribution in [-0.4, -0.2) is 18.1 Å². The van der Waals surface area contributed by atoms with Crippen LogP contribution in [0.1, 0.15) is 20.3 Å². The van der Waals surface area contributed by atoms with E-state index >= 15 is 0 Å². The number of pyridine rings is 1. The molecule has 0 aliphatic heterocycles. The fraction of sp³-hybridized carbons (Fsp3) is 0.417. The number of hydrogen-bond donors (Lipinski definition) is 1. The minimum Gasteiger partial charge on any atom is -0.478 e. The van der Waals surface area contributed by atoms with E-state index in [1.165, 1.54) is 5.57 Å². The molecule has 0 radical (unpaired) electrons. The van der Waals surface area contributed by atoms with Crippen LogP contribution in [0.4, 0.5) is 5.69 Å². The highest BCUT2D eigenvalue weighted by Gasteiger charge is 1.95. The molecule has 0 unspecified atom stereocenters. The molecule has 0 aliphatic rings. The van der Waals surface area contributed by atoms with Gasteiger partial charge in [-0.2, -0.15) is 0 Å². The smallest absolute Gasteiger partial charge is 0.213 e. The Labute approximate surface area is 91.2 Å². The fourth-order valence-electron chi connectivity index (χ4n) is 1.14. The summed E-state index contributed by atoms with van der Waals surface area (Å²) in [5, 5.41) is 3.27. The van der Waals surface area contributed by atoms with Crippen molar-refractivity contribution in [2.45, 2.75) is 20.3 Å². The molecule has 0 fully saturated rings. The van der Waals surface area contributed by atoms with E-state index < -0.39 is 0 Å². The number of rotatable bonds is 6. The van der Waals surface area contributed by atoms with Gasteiger partial charge in [-0.05, 0) is 26.3 Å². The van der Waals surface area contributed by atoms with Crippen molar-refractivity contribution in [2.24, 2.45) is 0 Å².